The second-order valence-corrected chi connectivity index (χ2v) is 7.64. The molecule has 2 aromatic heterocycles. The highest BCUT2D eigenvalue weighted by molar-refractivity contribution is 6.31. The molecule has 1 amide bonds. The summed E-state index contributed by atoms with van der Waals surface area (Å²) in [6, 6.07) is 17.5. The first-order valence-electron chi connectivity index (χ1n) is 10.2. The fourth-order valence-corrected chi connectivity index (χ4v) is 3.46. The van der Waals surface area contributed by atoms with Gasteiger partial charge in [0.05, 0.1) is 23.0 Å². The lowest BCUT2D eigenvalue weighted by Gasteiger charge is -2.21. The summed E-state index contributed by atoms with van der Waals surface area (Å²) in [6.07, 6.45) is 2.23. The molecule has 4 aromatic rings. The Hall–Kier alpha value is -3.71. The van der Waals surface area contributed by atoms with Crippen LogP contribution in [0, 0.1) is 0 Å². The van der Waals surface area contributed by atoms with Crippen LogP contribution in [0.1, 0.15) is 29.5 Å². The number of ether oxygens (including phenoxy) is 1. The third-order valence-electron chi connectivity index (χ3n) is 4.79. The highest BCUT2D eigenvalue weighted by atomic mass is 35.5. The van der Waals surface area contributed by atoms with E-state index in [1.165, 1.54) is 6.20 Å². The molecule has 0 saturated carbocycles. The highest BCUT2D eigenvalue weighted by Gasteiger charge is 2.18. The number of halogens is 1. The molecule has 0 aliphatic carbocycles. The van der Waals surface area contributed by atoms with Gasteiger partial charge in [0.25, 0.3) is 11.5 Å². The van der Waals surface area contributed by atoms with Crippen molar-refractivity contribution in [1.82, 2.24) is 19.9 Å². The second kappa shape index (κ2) is 9.62. The van der Waals surface area contributed by atoms with Crippen LogP contribution in [-0.2, 0) is 6.54 Å². The molecule has 0 bridgehead atoms. The summed E-state index contributed by atoms with van der Waals surface area (Å²) >= 11 is 6.04. The van der Waals surface area contributed by atoms with E-state index in [0.29, 0.717) is 45.5 Å². The number of nitrogens with zero attached hydrogens (tertiary/aromatic N) is 3. The summed E-state index contributed by atoms with van der Waals surface area (Å²) in [5.41, 5.74) is 0.643. The van der Waals surface area contributed by atoms with Crippen molar-refractivity contribution in [1.29, 1.82) is 0 Å². The van der Waals surface area contributed by atoms with Gasteiger partial charge < -0.3 is 14.6 Å². The van der Waals surface area contributed by atoms with Crippen LogP contribution in [0.2, 0.25) is 5.02 Å². The summed E-state index contributed by atoms with van der Waals surface area (Å²) < 4.78 is 5.68. The van der Waals surface area contributed by atoms with Crippen LogP contribution in [-0.4, -0.2) is 32.3 Å². The molecule has 162 valence electrons. The van der Waals surface area contributed by atoms with Crippen LogP contribution in [0.25, 0.3) is 10.9 Å². The van der Waals surface area contributed by atoms with Crippen LogP contribution < -0.4 is 10.3 Å². The normalized spacial score (nSPS) is 10.8. The zero-order valence-electron chi connectivity index (χ0n) is 17.4. The van der Waals surface area contributed by atoms with Crippen molar-refractivity contribution in [2.45, 2.75) is 19.9 Å². The van der Waals surface area contributed by atoms with Crippen molar-refractivity contribution < 1.29 is 9.53 Å². The van der Waals surface area contributed by atoms with E-state index in [4.69, 9.17) is 16.3 Å². The largest absolute Gasteiger partial charge is 0.439 e. The number of hydrogen-bond donors (Lipinski definition) is 1. The second-order valence-electron chi connectivity index (χ2n) is 7.20. The van der Waals surface area contributed by atoms with Gasteiger partial charge >= 0.3 is 0 Å². The maximum atomic E-state index is 13.1. The molecule has 0 aliphatic rings. The van der Waals surface area contributed by atoms with Crippen LogP contribution in [0.15, 0.2) is 71.7 Å². The number of carbonyl (C=O) groups excluding carboxylic acids is 1. The minimum atomic E-state index is -0.269. The third-order valence-corrected chi connectivity index (χ3v) is 5.02. The van der Waals surface area contributed by atoms with E-state index < -0.39 is 0 Å². The fraction of sp³-hybridized carbons (Fsp3) is 0.167. The van der Waals surface area contributed by atoms with Gasteiger partial charge in [0.2, 0.25) is 5.88 Å². The average molecular weight is 449 g/mol. The van der Waals surface area contributed by atoms with Gasteiger partial charge in [0.15, 0.2) is 0 Å². The standard InChI is InChI=1S/C24H21ClN4O3/c1-2-12-29(15-21-27-20-13-17(25)9-10-19(20)23(30)28-21)24(31)16-8-11-22(26-14-16)32-18-6-4-3-5-7-18/h3-11,13-14H,2,12,15H2,1H3,(H,27,28,30). The number of aromatic amines is 1. The van der Waals surface area contributed by atoms with Crippen molar-refractivity contribution >= 4 is 28.4 Å². The van der Waals surface area contributed by atoms with Crippen LogP contribution in [0.5, 0.6) is 11.6 Å². The van der Waals surface area contributed by atoms with Crippen molar-refractivity contribution in [2.24, 2.45) is 0 Å². The Morgan fingerprint density at radius 2 is 1.94 bits per heavy atom. The minimum Gasteiger partial charge on any atom is -0.439 e. The summed E-state index contributed by atoms with van der Waals surface area (Å²) in [7, 11) is 0. The van der Waals surface area contributed by atoms with E-state index >= 15 is 0 Å². The van der Waals surface area contributed by atoms with E-state index in [-0.39, 0.29) is 18.0 Å². The first kappa shape index (κ1) is 21.5. The van der Waals surface area contributed by atoms with Gasteiger partial charge in [0.1, 0.15) is 11.6 Å². The maximum absolute atomic E-state index is 13.1. The van der Waals surface area contributed by atoms with Crippen LogP contribution >= 0.6 is 11.6 Å². The van der Waals surface area contributed by atoms with Crippen molar-refractivity contribution in [3.63, 3.8) is 0 Å². The summed E-state index contributed by atoms with van der Waals surface area (Å²) in [5, 5.41) is 0.941. The first-order chi connectivity index (χ1) is 15.5. The molecule has 0 spiro atoms. The SMILES string of the molecule is CCCN(Cc1nc2cc(Cl)ccc2c(=O)[nH]1)C(=O)c1ccc(Oc2ccccc2)nc1. The quantitative estimate of drug-likeness (QED) is 0.438. The molecule has 2 aromatic carbocycles. The predicted molar refractivity (Wildman–Crippen MR) is 123 cm³/mol. The topological polar surface area (TPSA) is 88.2 Å². The molecule has 0 saturated heterocycles. The van der Waals surface area contributed by atoms with Crippen LogP contribution in [0.4, 0.5) is 0 Å². The number of nitrogens with one attached hydrogen (secondary N) is 1. The molecule has 2 heterocycles. The van der Waals surface area contributed by atoms with Gasteiger partial charge in [-0.3, -0.25) is 9.59 Å². The highest BCUT2D eigenvalue weighted by Crippen LogP contribution is 2.20. The Morgan fingerprint density at radius 3 is 2.66 bits per heavy atom. The molecule has 0 fully saturated rings. The van der Waals surface area contributed by atoms with E-state index in [1.807, 2.05) is 37.3 Å². The number of benzene rings is 2. The Kier molecular flexibility index (Phi) is 6.47. The van der Waals surface area contributed by atoms with Gasteiger partial charge in [-0.05, 0) is 42.8 Å². The van der Waals surface area contributed by atoms with Gasteiger partial charge in [0, 0.05) is 23.8 Å². The fourth-order valence-electron chi connectivity index (χ4n) is 3.30. The molecule has 1 N–H and O–H groups in total. The Balaban J connectivity index is 1.54. The molecule has 7 nitrogen and oxygen atoms in total. The van der Waals surface area contributed by atoms with Gasteiger partial charge in [-0.15, -0.1) is 0 Å². The number of amides is 1. The van der Waals surface area contributed by atoms with Gasteiger partial charge in [-0.25, -0.2) is 9.97 Å². The maximum Gasteiger partial charge on any atom is 0.258 e. The van der Waals surface area contributed by atoms with Crippen molar-refractivity contribution in [3.8, 4) is 11.6 Å². The Labute approximate surface area is 189 Å². The van der Waals surface area contributed by atoms with E-state index in [9.17, 15) is 9.59 Å². The van der Waals surface area contributed by atoms with Crippen LogP contribution in [0.3, 0.4) is 0 Å². The molecule has 4 rings (SSSR count). The Bertz CT molecular complexity index is 1290. The van der Waals surface area contributed by atoms with E-state index in [0.717, 1.165) is 6.42 Å². The zero-order valence-corrected chi connectivity index (χ0v) is 18.2. The molecule has 8 heteroatoms. The molecular weight excluding hydrogens is 428 g/mol. The number of carbonyl (C=O) groups is 1. The number of H-pyrrole nitrogens is 1. The Morgan fingerprint density at radius 1 is 1.12 bits per heavy atom. The van der Waals surface area contributed by atoms with E-state index in [1.54, 1.807) is 35.2 Å². The molecular formula is C24H21ClN4O3. The lowest BCUT2D eigenvalue weighted by molar-refractivity contribution is 0.0738. The first-order valence-corrected chi connectivity index (χ1v) is 10.6. The molecule has 0 radical (unpaired) electrons. The number of para-hydroxylation sites is 1. The van der Waals surface area contributed by atoms with Gasteiger partial charge in [-0.2, -0.15) is 0 Å². The molecule has 0 aliphatic heterocycles. The number of hydrogen-bond acceptors (Lipinski definition) is 5. The zero-order chi connectivity index (χ0) is 22.5. The monoisotopic (exact) mass is 448 g/mol. The minimum absolute atomic E-state index is 0.159. The lowest BCUT2D eigenvalue weighted by atomic mass is 10.2. The number of aromatic nitrogens is 3. The van der Waals surface area contributed by atoms with Crippen molar-refractivity contribution in [3.05, 3.63) is 93.6 Å². The molecule has 0 atom stereocenters. The molecule has 32 heavy (non-hydrogen) atoms. The predicted octanol–water partition coefficient (Wildman–Crippen LogP) is 4.82. The number of rotatable bonds is 7. The lowest BCUT2D eigenvalue weighted by Crippen LogP contribution is -2.32. The number of pyridine rings is 1. The van der Waals surface area contributed by atoms with Gasteiger partial charge in [-0.1, -0.05) is 36.7 Å². The van der Waals surface area contributed by atoms with Crippen molar-refractivity contribution in [2.75, 3.05) is 6.54 Å². The summed E-state index contributed by atoms with van der Waals surface area (Å²) in [4.78, 5) is 38.7. The number of fused-ring (bicyclic) bond motifs is 1. The molecule has 0 unspecified atom stereocenters. The third kappa shape index (κ3) is 4.95. The summed E-state index contributed by atoms with van der Waals surface area (Å²) in [5.74, 6) is 1.24. The summed E-state index contributed by atoms with van der Waals surface area (Å²) in [6.45, 7) is 2.64. The average Bonchev–Trinajstić information content (AvgIpc) is 2.79. The smallest absolute Gasteiger partial charge is 0.258 e. The van der Waals surface area contributed by atoms with E-state index in [2.05, 4.69) is 15.0 Å².